The van der Waals surface area contributed by atoms with Gasteiger partial charge in [-0.2, -0.15) is 0 Å². The van der Waals surface area contributed by atoms with E-state index in [1.54, 1.807) is 6.20 Å². The number of aryl methyl sites for hydroxylation is 1. The van der Waals surface area contributed by atoms with E-state index >= 15 is 0 Å². The van der Waals surface area contributed by atoms with Crippen molar-refractivity contribution in [2.24, 2.45) is 0 Å². The van der Waals surface area contributed by atoms with Crippen LogP contribution in [0.15, 0.2) is 41.5 Å². The summed E-state index contributed by atoms with van der Waals surface area (Å²) in [5, 5.41) is 0. The topological polar surface area (TPSA) is 77.7 Å². The van der Waals surface area contributed by atoms with Gasteiger partial charge in [-0.3, -0.25) is 9.69 Å². The monoisotopic (exact) mass is 321 g/mol. The van der Waals surface area contributed by atoms with Gasteiger partial charge in [-0.15, -0.1) is 0 Å². The van der Waals surface area contributed by atoms with Crippen LogP contribution >= 0.6 is 0 Å². The second-order valence-electron chi connectivity index (χ2n) is 6.20. The van der Waals surface area contributed by atoms with Gasteiger partial charge >= 0.3 is 0 Å². The first kappa shape index (κ1) is 14.8. The standard InChI is InChI=1S/C18H19N5O/c1-12-2-4-13(5-3-12)17-21-15-10-23(11-16-19-7-8-20-16)9-6-14(15)18(24)22-17/h2-5,7-8H,6,9-11H2,1H3,(H,19,20)(H,21,22,24). The number of imidazole rings is 1. The number of hydrogen-bond acceptors (Lipinski definition) is 4. The number of rotatable bonds is 3. The van der Waals surface area contributed by atoms with Crippen molar-refractivity contribution in [1.82, 2.24) is 24.8 Å². The van der Waals surface area contributed by atoms with Crippen LogP contribution in [-0.4, -0.2) is 31.4 Å². The van der Waals surface area contributed by atoms with Crippen LogP contribution in [0.5, 0.6) is 0 Å². The molecule has 0 atom stereocenters. The maximum Gasteiger partial charge on any atom is 0.254 e. The summed E-state index contributed by atoms with van der Waals surface area (Å²) in [6.07, 6.45) is 4.30. The van der Waals surface area contributed by atoms with Crippen molar-refractivity contribution in [2.45, 2.75) is 26.4 Å². The average molecular weight is 321 g/mol. The first-order chi connectivity index (χ1) is 11.7. The van der Waals surface area contributed by atoms with Crippen molar-refractivity contribution in [1.29, 1.82) is 0 Å². The Morgan fingerprint density at radius 3 is 2.83 bits per heavy atom. The van der Waals surface area contributed by atoms with Crippen molar-refractivity contribution in [3.05, 3.63) is 69.7 Å². The van der Waals surface area contributed by atoms with E-state index in [1.807, 2.05) is 37.4 Å². The molecule has 2 N–H and O–H groups in total. The number of benzene rings is 1. The molecule has 6 nitrogen and oxygen atoms in total. The minimum absolute atomic E-state index is 0.0202. The third-order valence-corrected chi connectivity index (χ3v) is 4.41. The third-order valence-electron chi connectivity index (χ3n) is 4.41. The van der Waals surface area contributed by atoms with E-state index in [1.165, 1.54) is 5.56 Å². The molecule has 0 saturated heterocycles. The Morgan fingerprint density at radius 2 is 2.08 bits per heavy atom. The maximum absolute atomic E-state index is 12.4. The summed E-state index contributed by atoms with van der Waals surface area (Å²) in [5.41, 5.74) is 3.77. The summed E-state index contributed by atoms with van der Waals surface area (Å²) < 4.78 is 0. The molecule has 0 aliphatic carbocycles. The molecular weight excluding hydrogens is 302 g/mol. The fourth-order valence-electron chi connectivity index (χ4n) is 3.07. The van der Waals surface area contributed by atoms with E-state index in [2.05, 4.69) is 19.9 Å². The Morgan fingerprint density at radius 1 is 1.25 bits per heavy atom. The molecule has 1 aromatic carbocycles. The maximum atomic E-state index is 12.4. The van der Waals surface area contributed by atoms with E-state index in [-0.39, 0.29) is 5.56 Å². The molecule has 0 spiro atoms. The lowest BCUT2D eigenvalue weighted by Crippen LogP contribution is -2.35. The number of fused-ring (bicyclic) bond motifs is 1. The molecule has 0 saturated carbocycles. The molecule has 2 aromatic heterocycles. The average Bonchev–Trinajstić information content (AvgIpc) is 3.08. The van der Waals surface area contributed by atoms with Crippen LogP contribution in [-0.2, 0) is 19.5 Å². The second kappa shape index (κ2) is 6.05. The molecule has 0 fully saturated rings. The normalized spacial score (nSPS) is 14.5. The largest absolute Gasteiger partial charge is 0.348 e. The number of aromatic amines is 2. The SMILES string of the molecule is Cc1ccc(-c2nc3c(c(=O)[nH]2)CCN(Cc2ncc[nH]2)C3)cc1. The fourth-order valence-corrected chi connectivity index (χ4v) is 3.07. The Labute approximate surface area is 139 Å². The van der Waals surface area contributed by atoms with Crippen LogP contribution in [0.2, 0.25) is 0 Å². The molecule has 6 heteroatoms. The first-order valence-electron chi connectivity index (χ1n) is 8.09. The van der Waals surface area contributed by atoms with E-state index in [4.69, 9.17) is 4.98 Å². The summed E-state index contributed by atoms with van der Waals surface area (Å²) in [6, 6.07) is 8.03. The van der Waals surface area contributed by atoms with Crippen LogP contribution in [0.25, 0.3) is 11.4 Å². The summed E-state index contributed by atoms with van der Waals surface area (Å²) in [5.74, 6) is 1.57. The molecule has 3 aromatic rings. The van der Waals surface area contributed by atoms with Crippen molar-refractivity contribution < 1.29 is 0 Å². The lowest BCUT2D eigenvalue weighted by atomic mass is 10.1. The van der Waals surface area contributed by atoms with Gasteiger partial charge in [0.2, 0.25) is 0 Å². The van der Waals surface area contributed by atoms with Crippen LogP contribution in [0, 0.1) is 6.92 Å². The predicted molar refractivity (Wildman–Crippen MR) is 91.4 cm³/mol. The number of aromatic nitrogens is 4. The van der Waals surface area contributed by atoms with Crippen molar-refractivity contribution in [2.75, 3.05) is 6.54 Å². The van der Waals surface area contributed by atoms with Gasteiger partial charge in [-0.05, 0) is 13.3 Å². The number of H-pyrrole nitrogens is 2. The minimum Gasteiger partial charge on any atom is -0.348 e. The van der Waals surface area contributed by atoms with Gasteiger partial charge in [0.05, 0.1) is 12.2 Å². The Kier molecular flexibility index (Phi) is 3.74. The molecule has 0 unspecified atom stereocenters. The van der Waals surface area contributed by atoms with E-state index < -0.39 is 0 Å². The Bertz CT molecular complexity index is 896. The molecule has 24 heavy (non-hydrogen) atoms. The zero-order chi connectivity index (χ0) is 16.5. The van der Waals surface area contributed by atoms with Crippen LogP contribution in [0.1, 0.15) is 22.6 Å². The molecule has 4 rings (SSSR count). The zero-order valence-corrected chi connectivity index (χ0v) is 13.5. The van der Waals surface area contributed by atoms with Crippen LogP contribution in [0.4, 0.5) is 0 Å². The van der Waals surface area contributed by atoms with Gasteiger partial charge in [0.25, 0.3) is 5.56 Å². The molecule has 3 heterocycles. The van der Waals surface area contributed by atoms with Gasteiger partial charge in [0.15, 0.2) is 0 Å². The van der Waals surface area contributed by atoms with E-state index in [9.17, 15) is 4.79 Å². The van der Waals surface area contributed by atoms with Crippen LogP contribution < -0.4 is 5.56 Å². The van der Waals surface area contributed by atoms with Gasteiger partial charge < -0.3 is 9.97 Å². The molecule has 0 radical (unpaired) electrons. The summed E-state index contributed by atoms with van der Waals surface area (Å²) >= 11 is 0. The van der Waals surface area contributed by atoms with Crippen molar-refractivity contribution in [3.63, 3.8) is 0 Å². The summed E-state index contributed by atoms with van der Waals surface area (Å²) in [6.45, 7) is 4.28. The molecule has 1 aliphatic heterocycles. The first-order valence-corrected chi connectivity index (χ1v) is 8.09. The number of hydrogen-bond donors (Lipinski definition) is 2. The number of nitrogens with zero attached hydrogens (tertiary/aromatic N) is 3. The van der Waals surface area contributed by atoms with E-state index in [0.29, 0.717) is 18.8 Å². The third kappa shape index (κ3) is 2.88. The highest BCUT2D eigenvalue weighted by atomic mass is 16.1. The van der Waals surface area contributed by atoms with Crippen molar-refractivity contribution >= 4 is 0 Å². The Hall–Kier alpha value is -2.73. The molecule has 1 aliphatic rings. The summed E-state index contributed by atoms with van der Waals surface area (Å²) in [7, 11) is 0. The van der Waals surface area contributed by atoms with Gasteiger partial charge in [-0.25, -0.2) is 9.97 Å². The highest BCUT2D eigenvalue weighted by Gasteiger charge is 2.21. The number of nitrogens with one attached hydrogen (secondary N) is 2. The Balaban J connectivity index is 1.64. The fraction of sp³-hybridized carbons (Fsp3) is 0.278. The molecular formula is C18H19N5O. The quantitative estimate of drug-likeness (QED) is 0.774. The van der Waals surface area contributed by atoms with Gasteiger partial charge in [-0.1, -0.05) is 29.8 Å². The van der Waals surface area contributed by atoms with Gasteiger partial charge in [0, 0.05) is 36.6 Å². The van der Waals surface area contributed by atoms with E-state index in [0.717, 1.165) is 35.7 Å². The lowest BCUT2D eigenvalue weighted by molar-refractivity contribution is 0.235. The molecule has 0 bridgehead atoms. The van der Waals surface area contributed by atoms with Gasteiger partial charge in [0.1, 0.15) is 11.6 Å². The van der Waals surface area contributed by atoms with Crippen molar-refractivity contribution in [3.8, 4) is 11.4 Å². The zero-order valence-electron chi connectivity index (χ0n) is 13.5. The smallest absolute Gasteiger partial charge is 0.254 e. The van der Waals surface area contributed by atoms with Crippen LogP contribution in [0.3, 0.4) is 0 Å². The predicted octanol–water partition coefficient (Wildman–Crippen LogP) is 2.03. The second-order valence-corrected chi connectivity index (χ2v) is 6.20. The molecule has 122 valence electrons. The minimum atomic E-state index is -0.0202. The highest BCUT2D eigenvalue weighted by molar-refractivity contribution is 5.55. The summed E-state index contributed by atoms with van der Waals surface area (Å²) in [4.78, 5) is 29.7. The lowest BCUT2D eigenvalue weighted by Gasteiger charge is -2.26. The highest BCUT2D eigenvalue weighted by Crippen LogP contribution is 2.19. The molecule has 0 amide bonds.